The number of alkyl halides is 3. The van der Waals surface area contributed by atoms with Gasteiger partial charge in [0.2, 0.25) is 0 Å². The number of nitrogens with zero attached hydrogens (tertiary/aromatic N) is 1. The summed E-state index contributed by atoms with van der Waals surface area (Å²) in [6.45, 7) is 1.60. The molecule has 11 heavy (non-hydrogen) atoms. The van der Waals surface area contributed by atoms with E-state index < -0.39 is 12.6 Å². The normalized spacial score (nSPS) is 27.8. The highest BCUT2D eigenvalue weighted by Gasteiger charge is 2.36. The third-order valence-electron chi connectivity index (χ3n) is 1.31. The average Bonchev–Trinajstić information content (AvgIpc) is 2.12. The van der Waals surface area contributed by atoms with Crippen molar-refractivity contribution in [2.24, 2.45) is 0 Å². The summed E-state index contributed by atoms with van der Waals surface area (Å²) in [7, 11) is 1.51. The van der Waals surface area contributed by atoms with E-state index in [-0.39, 0.29) is 6.54 Å². The molecule has 1 rings (SSSR count). The molecule has 0 aromatic carbocycles. The molecular formula is C5H8F3N2O. The van der Waals surface area contributed by atoms with E-state index in [1.54, 1.807) is 0 Å². The quantitative estimate of drug-likeness (QED) is 0.618. The molecule has 1 heterocycles. The smallest absolute Gasteiger partial charge is 0.295 e. The van der Waals surface area contributed by atoms with Crippen molar-refractivity contribution in [3.63, 3.8) is 0 Å². The maximum Gasteiger partial charge on any atom is 0.524 e. The van der Waals surface area contributed by atoms with Crippen molar-refractivity contribution in [3.8, 4) is 0 Å². The van der Waals surface area contributed by atoms with Gasteiger partial charge in [-0.05, 0) is 7.05 Å². The molecule has 0 aromatic heterocycles. The minimum atomic E-state index is -4.56. The van der Waals surface area contributed by atoms with Crippen LogP contribution in [0.4, 0.5) is 13.2 Å². The van der Waals surface area contributed by atoms with E-state index in [1.807, 2.05) is 0 Å². The SMILES string of the molecule is CN1[CH]NCC1OC(F)(F)F. The molecule has 0 spiro atoms. The molecule has 1 atom stereocenters. The van der Waals surface area contributed by atoms with Gasteiger partial charge < -0.3 is 0 Å². The molecular weight excluding hydrogens is 161 g/mol. The number of rotatable bonds is 1. The minimum absolute atomic E-state index is 0.163. The van der Waals surface area contributed by atoms with Crippen LogP contribution >= 0.6 is 0 Å². The lowest BCUT2D eigenvalue weighted by atomic mass is 10.6. The fraction of sp³-hybridized carbons (Fsp3) is 0.800. The van der Waals surface area contributed by atoms with Crippen LogP contribution in [0.5, 0.6) is 0 Å². The number of nitrogens with one attached hydrogen (secondary N) is 1. The molecule has 1 N–H and O–H groups in total. The predicted molar refractivity (Wildman–Crippen MR) is 31.0 cm³/mol. The molecule has 1 saturated heterocycles. The Balaban J connectivity index is 2.37. The highest BCUT2D eigenvalue weighted by molar-refractivity contribution is 4.77. The fourth-order valence-corrected chi connectivity index (χ4v) is 0.804. The fourth-order valence-electron chi connectivity index (χ4n) is 0.804. The summed E-state index contributed by atoms with van der Waals surface area (Å²) < 4.78 is 38.5. The number of likely N-dealkylation sites (N-methyl/N-ethyl adjacent to an activating group) is 1. The monoisotopic (exact) mass is 169 g/mol. The zero-order valence-corrected chi connectivity index (χ0v) is 5.85. The Kier molecular flexibility index (Phi) is 2.36. The second kappa shape index (κ2) is 2.96. The molecule has 0 bridgehead atoms. The summed E-state index contributed by atoms with van der Waals surface area (Å²) in [5.74, 6) is 0. The van der Waals surface area contributed by atoms with Gasteiger partial charge in [-0.1, -0.05) is 0 Å². The number of halogens is 3. The molecule has 0 saturated carbocycles. The Bertz CT molecular complexity index is 138. The van der Waals surface area contributed by atoms with Crippen molar-refractivity contribution >= 4 is 0 Å². The van der Waals surface area contributed by atoms with E-state index in [9.17, 15) is 13.2 Å². The van der Waals surface area contributed by atoms with E-state index in [2.05, 4.69) is 10.1 Å². The van der Waals surface area contributed by atoms with Crippen molar-refractivity contribution in [2.75, 3.05) is 13.6 Å². The molecule has 1 aliphatic rings. The van der Waals surface area contributed by atoms with Crippen LogP contribution in [0, 0.1) is 6.67 Å². The standard InChI is InChI=1S/C5H8F3N2O/c1-10-3-9-2-4(10)11-5(6,7)8/h3-4,9H,2H2,1H3. The van der Waals surface area contributed by atoms with Crippen molar-refractivity contribution in [1.29, 1.82) is 0 Å². The number of ether oxygens (including phenoxy) is 1. The Labute approximate surface area is 62.1 Å². The van der Waals surface area contributed by atoms with Gasteiger partial charge in [0.25, 0.3) is 0 Å². The van der Waals surface area contributed by atoms with Crippen molar-refractivity contribution in [1.82, 2.24) is 10.2 Å². The van der Waals surface area contributed by atoms with Gasteiger partial charge in [-0.3, -0.25) is 15.0 Å². The van der Waals surface area contributed by atoms with Crippen molar-refractivity contribution in [3.05, 3.63) is 6.67 Å². The maximum atomic E-state index is 11.6. The third-order valence-corrected chi connectivity index (χ3v) is 1.31. The molecule has 0 amide bonds. The van der Waals surface area contributed by atoms with Gasteiger partial charge in [0.05, 0.1) is 6.67 Å². The van der Waals surface area contributed by atoms with Crippen molar-refractivity contribution < 1.29 is 17.9 Å². The lowest BCUT2D eigenvalue weighted by molar-refractivity contribution is -0.352. The van der Waals surface area contributed by atoms with Crippen LogP contribution in [-0.4, -0.2) is 31.1 Å². The van der Waals surface area contributed by atoms with Crippen LogP contribution in [0.25, 0.3) is 0 Å². The van der Waals surface area contributed by atoms with Crippen LogP contribution in [0.3, 0.4) is 0 Å². The highest BCUT2D eigenvalue weighted by Crippen LogP contribution is 2.21. The minimum Gasteiger partial charge on any atom is -0.295 e. The van der Waals surface area contributed by atoms with E-state index in [0.29, 0.717) is 0 Å². The first-order valence-electron chi connectivity index (χ1n) is 3.02. The zero-order chi connectivity index (χ0) is 8.48. The number of hydrogen-bond acceptors (Lipinski definition) is 3. The van der Waals surface area contributed by atoms with Crippen LogP contribution in [0.1, 0.15) is 0 Å². The molecule has 1 radical (unpaired) electrons. The van der Waals surface area contributed by atoms with Crippen LogP contribution in [0.15, 0.2) is 0 Å². The molecule has 1 unspecified atom stereocenters. The van der Waals surface area contributed by atoms with Crippen LogP contribution in [-0.2, 0) is 4.74 Å². The lowest BCUT2D eigenvalue weighted by Crippen LogP contribution is -2.34. The molecule has 3 nitrogen and oxygen atoms in total. The van der Waals surface area contributed by atoms with Gasteiger partial charge in [-0.2, -0.15) is 0 Å². The molecule has 0 aromatic rings. The van der Waals surface area contributed by atoms with Gasteiger partial charge in [0.15, 0.2) is 0 Å². The first-order chi connectivity index (χ1) is 4.99. The number of hydrogen-bond donors (Lipinski definition) is 1. The summed E-state index contributed by atoms with van der Waals surface area (Å²) in [4.78, 5) is 1.33. The van der Waals surface area contributed by atoms with Crippen LogP contribution in [0.2, 0.25) is 0 Å². The molecule has 1 aliphatic heterocycles. The Morgan fingerprint density at radius 2 is 2.27 bits per heavy atom. The zero-order valence-electron chi connectivity index (χ0n) is 5.85. The van der Waals surface area contributed by atoms with Gasteiger partial charge in [0, 0.05) is 6.54 Å². The third kappa shape index (κ3) is 2.64. The second-order valence-corrected chi connectivity index (χ2v) is 2.22. The second-order valence-electron chi connectivity index (χ2n) is 2.22. The van der Waals surface area contributed by atoms with Crippen LogP contribution < -0.4 is 5.32 Å². The van der Waals surface area contributed by atoms with Gasteiger partial charge in [-0.25, -0.2) is 0 Å². The molecule has 1 fully saturated rings. The van der Waals surface area contributed by atoms with E-state index in [1.165, 1.54) is 18.6 Å². The first-order valence-corrected chi connectivity index (χ1v) is 3.02. The summed E-state index contributed by atoms with van der Waals surface area (Å²) in [5, 5.41) is 2.62. The Morgan fingerprint density at radius 1 is 1.64 bits per heavy atom. The summed E-state index contributed by atoms with van der Waals surface area (Å²) >= 11 is 0. The van der Waals surface area contributed by atoms with Gasteiger partial charge >= 0.3 is 6.36 Å². The summed E-state index contributed by atoms with van der Waals surface area (Å²) in [6, 6.07) is 0. The van der Waals surface area contributed by atoms with Crippen molar-refractivity contribution in [2.45, 2.75) is 12.6 Å². The first kappa shape index (κ1) is 8.76. The largest absolute Gasteiger partial charge is 0.524 e. The highest BCUT2D eigenvalue weighted by atomic mass is 19.4. The van der Waals surface area contributed by atoms with E-state index >= 15 is 0 Å². The Hall–Kier alpha value is -0.330. The lowest BCUT2D eigenvalue weighted by Gasteiger charge is -2.19. The Morgan fingerprint density at radius 3 is 2.64 bits per heavy atom. The summed E-state index contributed by atoms with van der Waals surface area (Å²) in [5.41, 5.74) is 0. The maximum absolute atomic E-state index is 11.6. The predicted octanol–water partition coefficient (Wildman–Crippen LogP) is 0.503. The topological polar surface area (TPSA) is 24.5 Å². The average molecular weight is 169 g/mol. The molecule has 65 valence electrons. The summed E-state index contributed by atoms with van der Waals surface area (Å²) in [6.07, 6.45) is -5.49. The van der Waals surface area contributed by atoms with Gasteiger partial charge in [-0.15, -0.1) is 13.2 Å². The van der Waals surface area contributed by atoms with E-state index in [4.69, 9.17) is 0 Å². The van der Waals surface area contributed by atoms with E-state index in [0.717, 1.165) is 0 Å². The van der Waals surface area contributed by atoms with Gasteiger partial charge in [0.1, 0.15) is 6.23 Å². The molecule has 0 aliphatic carbocycles. The molecule has 6 heteroatoms.